The number of nitrogens with one attached hydrogen (secondary N) is 2. The van der Waals surface area contributed by atoms with Gasteiger partial charge in [0.1, 0.15) is 18.0 Å². The zero-order chi connectivity index (χ0) is 28.3. The molecular weight excluding hydrogens is 601 g/mol. The molecule has 0 spiro atoms. The highest BCUT2D eigenvalue weighted by Gasteiger charge is 2.24. The second-order valence-corrected chi connectivity index (χ2v) is 12.5. The molecule has 3 rings (SSSR count). The number of carbonyl (C=O) groups is 1. The van der Waals surface area contributed by atoms with Crippen molar-refractivity contribution < 1.29 is 31.1 Å². The van der Waals surface area contributed by atoms with Crippen LogP contribution in [0.5, 0.6) is 11.5 Å². The molecule has 3 aromatic rings. The van der Waals surface area contributed by atoms with Gasteiger partial charge in [0.15, 0.2) is 0 Å². The van der Waals surface area contributed by atoms with Crippen LogP contribution in [0, 0.1) is 0 Å². The van der Waals surface area contributed by atoms with Gasteiger partial charge in [0, 0.05) is 11.8 Å². The molecule has 0 aromatic heterocycles. The molecule has 0 heterocycles. The van der Waals surface area contributed by atoms with Gasteiger partial charge in [-0.05, 0) is 48.5 Å². The number of carbonyl (C=O) groups excluding carboxylic acids is 1. The zero-order valence-electron chi connectivity index (χ0n) is 20.2. The van der Waals surface area contributed by atoms with E-state index in [2.05, 4.69) is 10.0 Å². The summed E-state index contributed by atoms with van der Waals surface area (Å²) >= 11 is 18.1. The van der Waals surface area contributed by atoms with Crippen molar-refractivity contribution in [1.29, 1.82) is 0 Å². The Balaban J connectivity index is 1.77. The molecule has 0 unspecified atom stereocenters. The van der Waals surface area contributed by atoms with Crippen LogP contribution in [0.2, 0.25) is 15.1 Å². The molecule has 2 N–H and O–H groups in total. The van der Waals surface area contributed by atoms with Crippen LogP contribution in [0.4, 0.5) is 17.1 Å². The van der Waals surface area contributed by atoms with Crippen molar-refractivity contribution in [3.8, 4) is 11.5 Å². The Hall–Kier alpha value is -2.90. The van der Waals surface area contributed by atoms with Crippen molar-refractivity contribution in [2.24, 2.45) is 0 Å². The third kappa shape index (κ3) is 7.14. The van der Waals surface area contributed by atoms with E-state index in [-0.39, 0.29) is 42.8 Å². The topological polar surface area (TPSA) is 131 Å². The van der Waals surface area contributed by atoms with Crippen molar-refractivity contribution in [2.45, 2.75) is 4.90 Å². The smallest absolute Gasteiger partial charge is 0.262 e. The molecule has 0 aliphatic rings. The number of amides is 1. The number of methoxy groups -OCH3 is 2. The van der Waals surface area contributed by atoms with Gasteiger partial charge in [-0.2, -0.15) is 0 Å². The van der Waals surface area contributed by atoms with E-state index in [1.165, 1.54) is 56.7 Å². The lowest BCUT2D eigenvalue weighted by atomic mass is 10.3. The SMILES string of the molecule is COc1ccc(OC)c(NS(=O)(=O)c2ccc(NC(=O)CN(c3cc(Cl)c(Cl)cc3Cl)S(C)(=O)=O)cc2)c1. The first-order valence-corrected chi connectivity index (χ1v) is 15.0. The molecule has 0 atom stereocenters. The highest BCUT2D eigenvalue weighted by atomic mass is 35.5. The number of benzene rings is 3. The normalized spacial score (nSPS) is 11.5. The number of hydrogen-bond donors (Lipinski definition) is 2. The van der Waals surface area contributed by atoms with Gasteiger partial charge in [0.05, 0.1) is 51.8 Å². The van der Waals surface area contributed by atoms with E-state index in [0.29, 0.717) is 5.75 Å². The average Bonchev–Trinajstić information content (AvgIpc) is 2.84. The molecule has 15 heteroatoms. The fourth-order valence-corrected chi connectivity index (χ4v) is 5.84. The molecule has 38 heavy (non-hydrogen) atoms. The van der Waals surface area contributed by atoms with E-state index in [0.717, 1.165) is 10.6 Å². The highest BCUT2D eigenvalue weighted by molar-refractivity contribution is 7.92. The summed E-state index contributed by atoms with van der Waals surface area (Å²) < 4.78 is 64.1. The quantitative estimate of drug-likeness (QED) is 0.309. The summed E-state index contributed by atoms with van der Waals surface area (Å²) in [6.45, 7) is -0.631. The molecule has 1 amide bonds. The van der Waals surface area contributed by atoms with E-state index in [9.17, 15) is 21.6 Å². The molecule has 0 aliphatic carbocycles. The highest BCUT2D eigenvalue weighted by Crippen LogP contribution is 2.36. The maximum atomic E-state index is 12.9. The largest absolute Gasteiger partial charge is 0.497 e. The van der Waals surface area contributed by atoms with Gasteiger partial charge in [0.2, 0.25) is 15.9 Å². The van der Waals surface area contributed by atoms with Crippen LogP contribution in [0.15, 0.2) is 59.5 Å². The molecule has 0 saturated carbocycles. The number of anilines is 3. The Labute approximate surface area is 235 Å². The third-order valence-corrected chi connectivity index (χ3v) is 8.58. The van der Waals surface area contributed by atoms with Gasteiger partial charge in [0.25, 0.3) is 10.0 Å². The van der Waals surface area contributed by atoms with Gasteiger partial charge in [-0.1, -0.05) is 34.8 Å². The van der Waals surface area contributed by atoms with E-state index >= 15 is 0 Å². The fraction of sp³-hybridized carbons (Fsp3) is 0.174. The van der Waals surface area contributed by atoms with E-state index in [4.69, 9.17) is 44.3 Å². The summed E-state index contributed by atoms with van der Waals surface area (Å²) in [5.41, 5.74) is 0.367. The van der Waals surface area contributed by atoms with E-state index < -0.39 is 32.5 Å². The Bertz CT molecular complexity index is 1570. The minimum atomic E-state index is -4.03. The first-order valence-electron chi connectivity index (χ1n) is 10.5. The van der Waals surface area contributed by atoms with Gasteiger partial charge in [-0.25, -0.2) is 16.8 Å². The van der Waals surface area contributed by atoms with Gasteiger partial charge < -0.3 is 14.8 Å². The second kappa shape index (κ2) is 11.9. The van der Waals surface area contributed by atoms with Crippen LogP contribution in [0.1, 0.15) is 0 Å². The number of rotatable bonds is 10. The molecule has 3 aromatic carbocycles. The lowest BCUT2D eigenvalue weighted by Crippen LogP contribution is -2.37. The molecule has 0 saturated heterocycles. The molecular formula is C23H22Cl3N3O7S2. The van der Waals surface area contributed by atoms with Gasteiger partial charge in [-0.15, -0.1) is 0 Å². The minimum Gasteiger partial charge on any atom is -0.497 e. The maximum absolute atomic E-state index is 12.9. The first kappa shape index (κ1) is 29.7. The fourth-order valence-electron chi connectivity index (χ4n) is 3.23. The lowest BCUT2D eigenvalue weighted by Gasteiger charge is -2.23. The standard InChI is InChI=1S/C23H22Cl3N3O7S2/c1-35-15-6-9-22(36-2)20(10-15)28-38(33,34)16-7-4-14(5-8-16)27-23(30)13-29(37(3,31)32)21-12-18(25)17(24)11-19(21)26/h4-12,28H,13H2,1-3H3,(H,27,30). The Kier molecular flexibility index (Phi) is 9.26. The van der Waals surface area contributed by atoms with Crippen molar-refractivity contribution in [3.63, 3.8) is 0 Å². The Morgan fingerprint density at radius 1 is 0.868 bits per heavy atom. The molecule has 10 nitrogen and oxygen atoms in total. The van der Waals surface area contributed by atoms with Crippen molar-refractivity contribution in [2.75, 3.05) is 41.4 Å². The maximum Gasteiger partial charge on any atom is 0.262 e. The summed E-state index contributed by atoms with van der Waals surface area (Å²) in [6, 6.07) is 12.4. The average molecular weight is 623 g/mol. The van der Waals surface area contributed by atoms with E-state index in [1.807, 2.05) is 0 Å². The summed E-state index contributed by atoms with van der Waals surface area (Å²) in [5.74, 6) is -0.00459. The number of nitrogens with zero attached hydrogens (tertiary/aromatic N) is 1. The predicted octanol–water partition coefficient (Wildman–Crippen LogP) is 4.87. The van der Waals surface area contributed by atoms with Crippen LogP contribution in [0.3, 0.4) is 0 Å². The van der Waals surface area contributed by atoms with Crippen LogP contribution in [-0.4, -0.2) is 49.8 Å². The Morgan fingerprint density at radius 2 is 1.50 bits per heavy atom. The first-order chi connectivity index (χ1) is 17.7. The van der Waals surface area contributed by atoms with Crippen LogP contribution in [0.25, 0.3) is 0 Å². The minimum absolute atomic E-state index is 0.0210. The molecule has 0 bridgehead atoms. The summed E-state index contributed by atoms with van der Waals surface area (Å²) in [7, 11) is -5.13. The third-order valence-electron chi connectivity index (χ3n) is 5.05. The van der Waals surface area contributed by atoms with Crippen molar-refractivity contribution >= 4 is 77.8 Å². The predicted molar refractivity (Wildman–Crippen MR) is 149 cm³/mol. The summed E-state index contributed by atoms with van der Waals surface area (Å²) in [4.78, 5) is 12.6. The monoisotopic (exact) mass is 621 g/mol. The van der Waals surface area contributed by atoms with Crippen LogP contribution < -0.4 is 23.8 Å². The molecule has 0 fully saturated rings. The number of ether oxygens (including phenoxy) is 2. The van der Waals surface area contributed by atoms with Crippen molar-refractivity contribution in [3.05, 3.63) is 69.7 Å². The number of hydrogen-bond acceptors (Lipinski definition) is 7. The van der Waals surface area contributed by atoms with Crippen molar-refractivity contribution in [1.82, 2.24) is 0 Å². The molecule has 0 radical (unpaired) electrons. The van der Waals surface area contributed by atoms with Gasteiger partial charge in [-0.3, -0.25) is 13.8 Å². The number of halogens is 3. The second-order valence-electron chi connectivity index (χ2n) is 7.73. The number of sulfonamides is 2. The van der Waals surface area contributed by atoms with Crippen LogP contribution in [-0.2, 0) is 24.8 Å². The molecule has 0 aliphatic heterocycles. The zero-order valence-corrected chi connectivity index (χ0v) is 24.1. The van der Waals surface area contributed by atoms with Gasteiger partial charge >= 0.3 is 0 Å². The van der Waals surface area contributed by atoms with Crippen LogP contribution >= 0.6 is 34.8 Å². The lowest BCUT2D eigenvalue weighted by molar-refractivity contribution is -0.114. The molecule has 204 valence electrons. The summed E-state index contributed by atoms with van der Waals surface area (Å²) in [5, 5.41) is 2.67. The Morgan fingerprint density at radius 3 is 2.08 bits per heavy atom. The summed E-state index contributed by atoms with van der Waals surface area (Å²) in [6.07, 6.45) is 0.906. The van der Waals surface area contributed by atoms with E-state index in [1.54, 1.807) is 12.1 Å².